The van der Waals surface area contributed by atoms with Crippen LogP contribution in [0.25, 0.3) is 0 Å². The number of hydrogen-bond acceptors (Lipinski definition) is 4. The summed E-state index contributed by atoms with van der Waals surface area (Å²) < 4.78 is 16.0. The summed E-state index contributed by atoms with van der Waals surface area (Å²) in [6, 6.07) is 5.42. The van der Waals surface area contributed by atoms with Crippen LogP contribution in [0, 0.1) is 0 Å². The van der Waals surface area contributed by atoms with Gasteiger partial charge >= 0.3 is 0 Å². The first-order chi connectivity index (χ1) is 8.17. The molecule has 0 spiro atoms. The Bertz CT molecular complexity index is 410. The molecular weight excluding hydrogens is 222 g/mol. The highest BCUT2D eigenvalue weighted by Gasteiger charge is 2.33. The molecule has 0 unspecified atom stereocenters. The Morgan fingerprint density at radius 1 is 1.24 bits per heavy atom. The maximum absolute atomic E-state index is 11.4. The van der Waals surface area contributed by atoms with Crippen molar-refractivity contribution >= 4 is 5.91 Å². The first kappa shape index (κ1) is 11.7. The Balaban J connectivity index is 2.40. The lowest BCUT2D eigenvalue weighted by atomic mass is 10.1. The summed E-state index contributed by atoms with van der Waals surface area (Å²) in [7, 11) is 3.14. The van der Waals surface area contributed by atoms with E-state index in [1.807, 2.05) is 6.07 Å². The van der Waals surface area contributed by atoms with E-state index in [2.05, 4.69) is 5.32 Å². The fourth-order valence-corrected chi connectivity index (χ4v) is 1.83. The van der Waals surface area contributed by atoms with E-state index in [0.29, 0.717) is 17.1 Å². The molecule has 1 saturated heterocycles. The Morgan fingerprint density at radius 2 is 1.82 bits per heavy atom. The van der Waals surface area contributed by atoms with Crippen molar-refractivity contribution in [3.8, 4) is 11.5 Å². The molecule has 0 radical (unpaired) electrons. The molecule has 1 N–H and O–H groups in total. The molecular formula is C12H15NO4. The number of methoxy groups -OCH3 is 2. The molecule has 0 aromatic heterocycles. The van der Waals surface area contributed by atoms with Crippen LogP contribution < -0.4 is 14.8 Å². The zero-order chi connectivity index (χ0) is 12.4. The molecule has 5 heteroatoms. The topological polar surface area (TPSA) is 56.8 Å². The van der Waals surface area contributed by atoms with Crippen molar-refractivity contribution in [1.82, 2.24) is 5.32 Å². The molecule has 1 amide bonds. The van der Waals surface area contributed by atoms with Crippen molar-refractivity contribution in [2.75, 3.05) is 14.2 Å². The van der Waals surface area contributed by atoms with E-state index in [1.165, 1.54) is 0 Å². The SMILES string of the molecule is COc1cccc(OC)c1[C@@H]1NC(=O)[C@@H](C)O1. The predicted molar refractivity (Wildman–Crippen MR) is 61.0 cm³/mol. The zero-order valence-electron chi connectivity index (χ0n) is 10.0. The van der Waals surface area contributed by atoms with Crippen molar-refractivity contribution < 1.29 is 19.0 Å². The normalized spacial score (nSPS) is 23.4. The van der Waals surface area contributed by atoms with Gasteiger partial charge in [-0.2, -0.15) is 0 Å². The van der Waals surface area contributed by atoms with E-state index in [4.69, 9.17) is 14.2 Å². The molecule has 1 aliphatic heterocycles. The Hall–Kier alpha value is -1.75. The van der Waals surface area contributed by atoms with Crippen molar-refractivity contribution in [2.45, 2.75) is 19.3 Å². The van der Waals surface area contributed by atoms with Gasteiger partial charge in [0.1, 0.15) is 17.6 Å². The first-order valence-electron chi connectivity index (χ1n) is 5.34. The van der Waals surface area contributed by atoms with Crippen molar-refractivity contribution in [3.63, 3.8) is 0 Å². The third kappa shape index (κ3) is 2.06. The molecule has 2 atom stereocenters. The zero-order valence-corrected chi connectivity index (χ0v) is 10.0. The minimum atomic E-state index is -0.524. The van der Waals surface area contributed by atoms with Crippen LogP contribution in [0.1, 0.15) is 18.7 Å². The number of amides is 1. The smallest absolute Gasteiger partial charge is 0.251 e. The summed E-state index contributed by atoms with van der Waals surface area (Å²) in [6.45, 7) is 1.71. The molecule has 5 nitrogen and oxygen atoms in total. The number of ether oxygens (including phenoxy) is 3. The van der Waals surface area contributed by atoms with E-state index in [-0.39, 0.29) is 5.91 Å². The quantitative estimate of drug-likeness (QED) is 0.859. The second-order valence-corrected chi connectivity index (χ2v) is 3.74. The summed E-state index contributed by atoms with van der Waals surface area (Å²) in [5, 5.41) is 2.75. The number of benzene rings is 1. The second kappa shape index (κ2) is 4.63. The molecule has 1 aromatic rings. The molecule has 2 rings (SSSR count). The molecule has 92 valence electrons. The third-order valence-corrected chi connectivity index (χ3v) is 2.71. The first-order valence-corrected chi connectivity index (χ1v) is 5.34. The van der Waals surface area contributed by atoms with Gasteiger partial charge in [-0.05, 0) is 19.1 Å². The summed E-state index contributed by atoms with van der Waals surface area (Å²) in [5.74, 6) is 1.12. The molecule has 0 aliphatic carbocycles. The Labute approximate surface area is 99.7 Å². The van der Waals surface area contributed by atoms with Crippen LogP contribution in [0.5, 0.6) is 11.5 Å². The monoisotopic (exact) mass is 237 g/mol. The average Bonchev–Trinajstić information content (AvgIpc) is 2.68. The van der Waals surface area contributed by atoms with Gasteiger partial charge in [-0.1, -0.05) is 6.07 Å². The Kier molecular flexibility index (Phi) is 3.19. The number of carbonyl (C=O) groups is 1. The molecule has 0 bridgehead atoms. The molecule has 1 aromatic carbocycles. The van der Waals surface area contributed by atoms with Gasteiger partial charge in [0.2, 0.25) is 0 Å². The van der Waals surface area contributed by atoms with Crippen LogP contribution in [0.2, 0.25) is 0 Å². The number of rotatable bonds is 3. The second-order valence-electron chi connectivity index (χ2n) is 3.74. The fraction of sp³-hybridized carbons (Fsp3) is 0.417. The minimum absolute atomic E-state index is 0.136. The Morgan fingerprint density at radius 3 is 2.24 bits per heavy atom. The van der Waals surface area contributed by atoms with E-state index in [1.54, 1.807) is 33.3 Å². The van der Waals surface area contributed by atoms with Gasteiger partial charge in [0.15, 0.2) is 6.23 Å². The number of nitrogens with one attached hydrogen (secondary N) is 1. The van der Waals surface area contributed by atoms with Crippen molar-refractivity contribution in [1.29, 1.82) is 0 Å². The molecule has 1 fully saturated rings. The van der Waals surface area contributed by atoms with Crippen LogP contribution in [0.4, 0.5) is 0 Å². The van der Waals surface area contributed by atoms with Crippen LogP contribution in [0.3, 0.4) is 0 Å². The van der Waals surface area contributed by atoms with Gasteiger partial charge < -0.3 is 19.5 Å². The molecule has 17 heavy (non-hydrogen) atoms. The summed E-state index contributed by atoms with van der Waals surface area (Å²) >= 11 is 0. The van der Waals surface area contributed by atoms with E-state index in [0.717, 1.165) is 0 Å². The van der Waals surface area contributed by atoms with Gasteiger partial charge in [0.25, 0.3) is 5.91 Å². The third-order valence-electron chi connectivity index (χ3n) is 2.71. The van der Waals surface area contributed by atoms with E-state index >= 15 is 0 Å². The van der Waals surface area contributed by atoms with Crippen LogP contribution in [0.15, 0.2) is 18.2 Å². The maximum atomic E-state index is 11.4. The highest BCUT2D eigenvalue weighted by molar-refractivity contribution is 5.82. The lowest BCUT2D eigenvalue weighted by Crippen LogP contribution is -2.22. The van der Waals surface area contributed by atoms with Gasteiger partial charge in [0.05, 0.1) is 19.8 Å². The fourth-order valence-electron chi connectivity index (χ4n) is 1.83. The average molecular weight is 237 g/mol. The predicted octanol–water partition coefficient (Wildman–Crippen LogP) is 1.24. The lowest BCUT2D eigenvalue weighted by Gasteiger charge is -2.17. The summed E-state index contributed by atoms with van der Waals surface area (Å²) in [6.07, 6.45) is -0.988. The van der Waals surface area contributed by atoms with Gasteiger partial charge in [-0.3, -0.25) is 4.79 Å². The summed E-state index contributed by atoms with van der Waals surface area (Å²) in [4.78, 5) is 11.4. The minimum Gasteiger partial charge on any atom is -0.496 e. The standard InChI is InChI=1S/C12H15NO4/c1-7-11(14)13-12(17-7)10-8(15-2)5-4-6-9(10)16-3/h4-7,12H,1-3H3,(H,13,14)/t7-,12-/m1/s1. The van der Waals surface area contributed by atoms with E-state index in [9.17, 15) is 4.79 Å². The van der Waals surface area contributed by atoms with Crippen LogP contribution >= 0.6 is 0 Å². The van der Waals surface area contributed by atoms with Crippen molar-refractivity contribution in [3.05, 3.63) is 23.8 Å². The van der Waals surface area contributed by atoms with E-state index < -0.39 is 12.3 Å². The molecule has 1 heterocycles. The lowest BCUT2D eigenvalue weighted by molar-refractivity contribution is -0.122. The van der Waals surface area contributed by atoms with Gasteiger partial charge in [-0.15, -0.1) is 0 Å². The van der Waals surface area contributed by atoms with Crippen molar-refractivity contribution in [2.24, 2.45) is 0 Å². The van der Waals surface area contributed by atoms with Crippen LogP contribution in [-0.4, -0.2) is 26.2 Å². The largest absolute Gasteiger partial charge is 0.496 e. The maximum Gasteiger partial charge on any atom is 0.251 e. The highest BCUT2D eigenvalue weighted by Crippen LogP contribution is 2.36. The van der Waals surface area contributed by atoms with Gasteiger partial charge in [0, 0.05) is 0 Å². The van der Waals surface area contributed by atoms with Crippen LogP contribution in [-0.2, 0) is 9.53 Å². The molecule has 1 aliphatic rings. The van der Waals surface area contributed by atoms with Gasteiger partial charge in [-0.25, -0.2) is 0 Å². The summed E-state index contributed by atoms with van der Waals surface area (Å²) in [5.41, 5.74) is 0.704. The number of hydrogen-bond donors (Lipinski definition) is 1. The number of carbonyl (C=O) groups excluding carboxylic acids is 1. The molecule has 0 saturated carbocycles. The highest BCUT2D eigenvalue weighted by atomic mass is 16.5.